The summed E-state index contributed by atoms with van der Waals surface area (Å²) in [6, 6.07) is 13.1. The smallest absolute Gasteiger partial charge is 0.271 e. The first-order chi connectivity index (χ1) is 17.7. The number of fused-ring (bicyclic) bond motifs is 2. The molecule has 196 valence electrons. The number of hydrogen-bond donors (Lipinski definition) is 4. The molecule has 37 heavy (non-hydrogen) atoms. The van der Waals surface area contributed by atoms with Gasteiger partial charge in [-0.2, -0.15) is 0 Å². The van der Waals surface area contributed by atoms with Crippen LogP contribution in [0.3, 0.4) is 0 Å². The fourth-order valence-electron chi connectivity index (χ4n) is 5.05. The van der Waals surface area contributed by atoms with Gasteiger partial charge in [0, 0.05) is 29.1 Å². The number of carbonyl (C=O) groups is 1. The second kappa shape index (κ2) is 9.83. The van der Waals surface area contributed by atoms with Crippen LogP contribution in [-0.2, 0) is 15.9 Å². The first kappa shape index (κ1) is 25.3. The van der Waals surface area contributed by atoms with E-state index in [1.807, 2.05) is 49.4 Å². The van der Waals surface area contributed by atoms with Gasteiger partial charge in [0.1, 0.15) is 42.1 Å². The lowest BCUT2D eigenvalue weighted by Gasteiger charge is -2.46. The molecule has 0 spiro atoms. The van der Waals surface area contributed by atoms with Gasteiger partial charge in [-0.25, -0.2) is 0 Å². The predicted octanol–water partition coefficient (Wildman–Crippen LogP) is 3.14. The fourth-order valence-corrected chi connectivity index (χ4v) is 5.05. The van der Waals surface area contributed by atoms with Gasteiger partial charge in [-0.15, -0.1) is 0 Å². The van der Waals surface area contributed by atoms with Gasteiger partial charge < -0.3 is 39.5 Å². The van der Waals surface area contributed by atoms with Gasteiger partial charge >= 0.3 is 0 Å². The second-order valence-electron chi connectivity index (χ2n) is 9.84. The van der Waals surface area contributed by atoms with E-state index in [0.717, 1.165) is 22.0 Å². The van der Waals surface area contributed by atoms with Crippen molar-refractivity contribution in [3.63, 3.8) is 0 Å². The molecule has 2 aliphatic heterocycles. The number of ether oxygens (including phenoxy) is 4. The van der Waals surface area contributed by atoms with E-state index in [0.29, 0.717) is 29.3 Å². The highest BCUT2D eigenvalue weighted by atomic mass is 16.7. The van der Waals surface area contributed by atoms with E-state index < -0.39 is 30.2 Å². The number of aliphatic hydroxyl groups excluding tert-OH is 2. The number of hydrogen-bond acceptors (Lipinski definition) is 7. The van der Waals surface area contributed by atoms with Crippen molar-refractivity contribution in [3.05, 3.63) is 65.0 Å². The topological polar surface area (TPSA) is 122 Å². The molecule has 9 nitrogen and oxygen atoms in total. The van der Waals surface area contributed by atoms with Crippen molar-refractivity contribution >= 4 is 22.9 Å². The molecule has 0 saturated carbocycles. The van der Waals surface area contributed by atoms with Gasteiger partial charge in [0.25, 0.3) is 5.91 Å². The average Bonchev–Trinajstić information content (AvgIpc) is 3.32. The van der Waals surface area contributed by atoms with Crippen molar-refractivity contribution in [2.45, 2.75) is 57.4 Å². The van der Waals surface area contributed by atoms with Crippen LogP contribution < -0.4 is 14.8 Å². The maximum atomic E-state index is 12.8. The molecule has 2 aromatic carbocycles. The molecule has 3 heterocycles. The van der Waals surface area contributed by atoms with Crippen LogP contribution in [0.4, 0.5) is 0 Å². The Morgan fingerprint density at radius 2 is 1.97 bits per heavy atom. The van der Waals surface area contributed by atoms with Crippen molar-refractivity contribution in [2.75, 3.05) is 13.7 Å². The molecule has 0 unspecified atom stereocenters. The van der Waals surface area contributed by atoms with Crippen LogP contribution in [0.5, 0.6) is 11.5 Å². The van der Waals surface area contributed by atoms with Crippen LogP contribution in [-0.4, -0.2) is 65.0 Å². The summed E-state index contributed by atoms with van der Waals surface area (Å²) >= 11 is 0. The highest BCUT2D eigenvalue weighted by Gasteiger charge is 2.50. The summed E-state index contributed by atoms with van der Waals surface area (Å²) < 4.78 is 23.4. The van der Waals surface area contributed by atoms with Crippen LogP contribution in [0.25, 0.3) is 17.0 Å². The number of rotatable bonds is 6. The first-order valence-corrected chi connectivity index (χ1v) is 12.3. The van der Waals surface area contributed by atoms with E-state index in [9.17, 15) is 15.0 Å². The molecule has 1 fully saturated rings. The zero-order valence-electron chi connectivity index (χ0n) is 21.3. The Labute approximate surface area is 215 Å². The molecule has 4 N–H and O–H groups in total. The van der Waals surface area contributed by atoms with Gasteiger partial charge in [-0.05, 0) is 50.6 Å². The number of carbonyl (C=O) groups excluding carboxylic acids is 1. The van der Waals surface area contributed by atoms with Gasteiger partial charge in [0.05, 0.1) is 11.3 Å². The van der Waals surface area contributed by atoms with Crippen molar-refractivity contribution in [1.82, 2.24) is 10.3 Å². The molecule has 0 radical (unpaired) electrons. The molecule has 1 aromatic heterocycles. The molecule has 0 bridgehead atoms. The van der Waals surface area contributed by atoms with E-state index in [-0.39, 0.29) is 12.5 Å². The lowest BCUT2D eigenvalue weighted by atomic mass is 9.89. The number of H-pyrrole nitrogens is 1. The zero-order valence-corrected chi connectivity index (χ0v) is 21.3. The van der Waals surface area contributed by atoms with E-state index >= 15 is 0 Å². The summed E-state index contributed by atoms with van der Waals surface area (Å²) in [5.74, 6) is 0.885. The lowest BCUT2D eigenvalue weighted by Crippen LogP contribution is -2.63. The molecule has 4 atom stereocenters. The van der Waals surface area contributed by atoms with Crippen molar-refractivity contribution in [2.24, 2.45) is 0 Å². The third kappa shape index (κ3) is 4.71. The number of amides is 1. The van der Waals surface area contributed by atoms with Crippen molar-refractivity contribution in [3.8, 4) is 11.5 Å². The summed E-state index contributed by atoms with van der Waals surface area (Å²) in [5.41, 5.74) is 2.72. The zero-order chi connectivity index (χ0) is 26.3. The van der Waals surface area contributed by atoms with Crippen LogP contribution in [0.15, 0.2) is 48.2 Å². The number of aromatic amines is 1. The Balaban J connectivity index is 1.35. The van der Waals surface area contributed by atoms with Gasteiger partial charge in [0.2, 0.25) is 6.29 Å². The maximum Gasteiger partial charge on any atom is 0.271 e. The summed E-state index contributed by atoms with van der Waals surface area (Å²) in [6.07, 6.45) is -1.80. The maximum absolute atomic E-state index is 12.8. The molecule has 1 saturated heterocycles. The first-order valence-electron chi connectivity index (χ1n) is 12.3. The largest absolute Gasteiger partial charge is 0.486 e. The predicted molar refractivity (Wildman–Crippen MR) is 137 cm³/mol. The number of aliphatic hydroxyl groups is 2. The lowest BCUT2D eigenvalue weighted by molar-refractivity contribution is -0.306. The van der Waals surface area contributed by atoms with Gasteiger partial charge in [0.15, 0.2) is 0 Å². The Morgan fingerprint density at radius 3 is 2.70 bits per heavy atom. The van der Waals surface area contributed by atoms with E-state index in [1.54, 1.807) is 19.9 Å². The molecular weight excluding hydrogens is 476 g/mol. The molecule has 1 amide bonds. The van der Waals surface area contributed by atoms with Crippen molar-refractivity contribution in [1.29, 1.82) is 0 Å². The summed E-state index contributed by atoms with van der Waals surface area (Å²) in [4.78, 5) is 16.0. The Hall–Kier alpha value is -3.37. The van der Waals surface area contributed by atoms with E-state index in [4.69, 9.17) is 18.9 Å². The minimum absolute atomic E-state index is 0.180. The number of benzene rings is 2. The van der Waals surface area contributed by atoms with Crippen molar-refractivity contribution < 1.29 is 34.0 Å². The quantitative estimate of drug-likeness (QED) is 0.404. The molecule has 0 aliphatic carbocycles. The number of aromatic nitrogens is 1. The standard InChI is InChI=1S/C28H32N2O7/c1-5-18-21(36-27-23(32)22(31)25(34-4)28(2,3)37-27)11-10-16-12-17(14-35-24(16)18)29-26(33)20-13-15-8-6-7-9-19(15)30-20/h6-13,22-23,25,27,30-32H,5,14H2,1-4H3,(H,29,33)/t22-,23+,25+,27+/m0/s1. The Morgan fingerprint density at radius 1 is 1.19 bits per heavy atom. The molecule has 3 aromatic rings. The fraction of sp³-hybridized carbons (Fsp3) is 0.393. The van der Waals surface area contributed by atoms with Crippen LogP contribution in [0, 0.1) is 0 Å². The van der Waals surface area contributed by atoms with E-state index in [1.165, 1.54) is 7.11 Å². The van der Waals surface area contributed by atoms with Crippen LogP contribution >= 0.6 is 0 Å². The van der Waals surface area contributed by atoms with Gasteiger partial charge in [-0.3, -0.25) is 4.79 Å². The number of nitrogens with one attached hydrogen (secondary N) is 2. The summed E-state index contributed by atoms with van der Waals surface area (Å²) in [5, 5.41) is 25.1. The second-order valence-corrected chi connectivity index (χ2v) is 9.84. The normalized spacial score (nSPS) is 24.6. The summed E-state index contributed by atoms with van der Waals surface area (Å²) in [7, 11) is 1.47. The minimum atomic E-state index is -1.30. The summed E-state index contributed by atoms with van der Waals surface area (Å²) in [6.45, 7) is 5.71. The third-order valence-corrected chi connectivity index (χ3v) is 6.89. The SMILES string of the molecule is CCc1c(O[C@@H]2OC(C)(C)[C@H](OC)[C@@H](O)[C@H]2O)ccc2c1OCC(NC(=O)c1cc3ccccc3[nH]1)=C2. The number of para-hydroxylation sites is 1. The Bertz CT molecular complexity index is 1310. The molecular formula is C28H32N2O7. The molecule has 2 aliphatic rings. The van der Waals surface area contributed by atoms with Crippen LogP contribution in [0.1, 0.15) is 42.4 Å². The van der Waals surface area contributed by atoms with Crippen LogP contribution in [0.2, 0.25) is 0 Å². The third-order valence-electron chi connectivity index (χ3n) is 6.89. The number of methoxy groups -OCH3 is 1. The van der Waals surface area contributed by atoms with Gasteiger partial charge in [-0.1, -0.05) is 25.1 Å². The average molecular weight is 509 g/mol. The molecule has 9 heteroatoms. The highest BCUT2D eigenvalue weighted by Crippen LogP contribution is 2.39. The highest BCUT2D eigenvalue weighted by molar-refractivity contribution is 5.99. The Kier molecular flexibility index (Phi) is 6.72. The monoisotopic (exact) mass is 508 g/mol. The minimum Gasteiger partial charge on any atom is -0.486 e. The van der Waals surface area contributed by atoms with E-state index in [2.05, 4.69) is 10.3 Å². The molecule has 5 rings (SSSR count).